The number of Topliss-reactive ketones (excluding diaryl/α,β-unsaturated/α-hetero) is 1. The van der Waals surface area contributed by atoms with Gasteiger partial charge in [0.2, 0.25) is 0 Å². The first-order valence-electron chi connectivity index (χ1n) is 9.08. The molecule has 1 nitrogen and oxygen atoms in total. The Morgan fingerprint density at radius 3 is 2.52 bits per heavy atom. The lowest BCUT2D eigenvalue weighted by Crippen LogP contribution is -2.46. The summed E-state index contributed by atoms with van der Waals surface area (Å²) in [5.74, 6) is 4.36. The van der Waals surface area contributed by atoms with E-state index in [2.05, 4.69) is 34.6 Å². The minimum atomic E-state index is 0.481. The molecule has 0 aromatic heterocycles. The van der Waals surface area contributed by atoms with Gasteiger partial charge in [0, 0.05) is 12.8 Å². The number of fused-ring (bicyclic) bond motifs is 2. The van der Waals surface area contributed by atoms with Gasteiger partial charge in [0.05, 0.1) is 0 Å². The monoisotopic (exact) mass is 288 g/mol. The normalized spacial score (nSPS) is 43.8. The third-order valence-corrected chi connectivity index (χ3v) is 7.65. The second-order valence-electron chi connectivity index (χ2n) is 8.66. The molecule has 0 radical (unpaired) electrons. The summed E-state index contributed by atoms with van der Waals surface area (Å²) in [5.41, 5.74) is 3.77. The maximum absolute atomic E-state index is 11.8. The van der Waals surface area contributed by atoms with E-state index < -0.39 is 0 Å². The Morgan fingerprint density at radius 1 is 1.14 bits per heavy atom. The maximum Gasteiger partial charge on any atom is 0.137 e. The number of carbonyl (C=O) groups is 1. The van der Waals surface area contributed by atoms with Crippen LogP contribution in [-0.2, 0) is 4.79 Å². The molecule has 0 bridgehead atoms. The van der Waals surface area contributed by atoms with Crippen LogP contribution in [-0.4, -0.2) is 5.78 Å². The molecular weight excluding hydrogens is 256 g/mol. The smallest absolute Gasteiger partial charge is 0.137 e. The second-order valence-corrected chi connectivity index (χ2v) is 8.66. The van der Waals surface area contributed by atoms with Gasteiger partial charge in [0.1, 0.15) is 5.78 Å². The standard InChI is InChI=1S/C20H32O/c1-12(2)20(5)9-8-17-16-7-6-15(21)11-18(16)13(3)10-19(17)14(20)4/h12-14,17,19H,6-11H2,1-5H3. The molecule has 1 saturated carbocycles. The van der Waals surface area contributed by atoms with Crippen LogP contribution >= 0.6 is 0 Å². The van der Waals surface area contributed by atoms with Crippen molar-refractivity contribution in [2.24, 2.45) is 35.0 Å². The first-order valence-corrected chi connectivity index (χ1v) is 9.08. The van der Waals surface area contributed by atoms with Gasteiger partial charge in [-0.1, -0.05) is 45.8 Å². The van der Waals surface area contributed by atoms with E-state index in [1.807, 2.05) is 0 Å². The third kappa shape index (κ3) is 2.32. The molecule has 3 aliphatic carbocycles. The van der Waals surface area contributed by atoms with Crippen molar-refractivity contribution >= 4 is 5.78 Å². The van der Waals surface area contributed by atoms with Crippen molar-refractivity contribution in [2.75, 3.05) is 0 Å². The van der Waals surface area contributed by atoms with E-state index in [4.69, 9.17) is 0 Å². The van der Waals surface area contributed by atoms with Crippen LogP contribution in [0.2, 0.25) is 0 Å². The third-order valence-electron chi connectivity index (χ3n) is 7.65. The summed E-state index contributed by atoms with van der Waals surface area (Å²) in [6, 6.07) is 0. The van der Waals surface area contributed by atoms with E-state index in [0.717, 1.165) is 42.9 Å². The summed E-state index contributed by atoms with van der Waals surface area (Å²) in [5, 5.41) is 0. The lowest BCUT2D eigenvalue weighted by atomic mass is 9.50. The van der Waals surface area contributed by atoms with E-state index in [1.165, 1.54) is 19.3 Å². The molecule has 1 fully saturated rings. The van der Waals surface area contributed by atoms with Crippen LogP contribution in [0.4, 0.5) is 0 Å². The Balaban J connectivity index is 1.93. The van der Waals surface area contributed by atoms with Gasteiger partial charge in [-0.3, -0.25) is 4.79 Å². The number of hydrogen-bond acceptors (Lipinski definition) is 1. The summed E-state index contributed by atoms with van der Waals surface area (Å²) in [7, 11) is 0. The molecule has 1 heteroatoms. The van der Waals surface area contributed by atoms with E-state index in [1.54, 1.807) is 11.1 Å². The van der Waals surface area contributed by atoms with Crippen LogP contribution < -0.4 is 0 Å². The average Bonchev–Trinajstić information content (AvgIpc) is 2.44. The molecule has 0 aromatic rings. The van der Waals surface area contributed by atoms with Crippen molar-refractivity contribution in [3.8, 4) is 0 Å². The summed E-state index contributed by atoms with van der Waals surface area (Å²) in [4.78, 5) is 11.8. The lowest BCUT2D eigenvalue weighted by molar-refractivity contribution is -0.119. The molecule has 0 saturated heterocycles. The quantitative estimate of drug-likeness (QED) is 0.590. The van der Waals surface area contributed by atoms with Gasteiger partial charge in [-0.05, 0) is 60.7 Å². The van der Waals surface area contributed by atoms with Crippen molar-refractivity contribution in [3.63, 3.8) is 0 Å². The highest BCUT2D eigenvalue weighted by Crippen LogP contribution is 2.58. The summed E-state index contributed by atoms with van der Waals surface area (Å²) in [6.45, 7) is 12.2. The number of rotatable bonds is 1. The molecule has 0 aromatic carbocycles. The molecule has 0 aliphatic heterocycles. The second kappa shape index (κ2) is 5.25. The van der Waals surface area contributed by atoms with Crippen LogP contribution in [0, 0.1) is 35.0 Å². The predicted octanol–water partition coefficient (Wildman–Crippen LogP) is 5.40. The minimum Gasteiger partial charge on any atom is -0.299 e. The number of carbonyl (C=O) groups excluding carboxylic acids is 1. The van der Waals surface area contributed by atoms with E-state index in [-0.39, 0.29) is 0 Å². The van der Waals surface area contributed by atoms with Gasteiger partial charge in [-0.15, -0.1) is 0 Å². The van der Waals surface area contributed by atoms with E-state index in [0.29, 0.717) is 17.1 Å². The highest BCUT2D eigenvalue weighted by molar-refractivity contribution is 5.83. The largest absolute Gasteiger partial charge is 0.299 e. The topological polar surface area (TPSA) is 17.1 Å². The Morgan fingerprint density at radius 2 is 1.86 bits per heavy atom. The van der Waals surface area contributed by atoms with Crippen molar-refractivity contribution in [3.05, 3.63) is 11.1 Å². The molecule has 0 N–H and O–H groups in total. The molecule has 3 rings (SSSR count). The molecular formula is C20H32O. The van der Waals surface area contributed by atoms with E-state index in [9.17, 15) is 4.79 Å². The van der Waals surface area contributed by atoms with Gasteiger partial charge in [0.15, 0.2) is 0 Å². The summed E-state index contributed by atoms with van der Waals surface area (Å²) >= 11 is 0. The molecule has 0 heterocycles. The number of allylic oxidation sites excluding steroid dienone is 2. The zero-order valence-corrected chi connectivity index (χ0v) is 14.5. The predicted molar refractivity (Wildman–Crippen MR) is 88.0 cm³/mol. The molecule has 0 amide bonds. The fraction of sp³-hybridized carbons (Fsp3) is 0.850. The van der Waals surface area contributed by atoms with Crippen molar-refractivity contribution < 1.29 is 4.79 Å². The Kier molecular flexibility index (Phi) is 3.83. The zero-order valence-electron chi connectivity index (χ0n) is 14.5. The summed E-state index contributed by atoms with van der Waals surface area (Å²) in [6.07, 6.45) is 6.71. The molecule has 5 atom stereocenters. The number of ketones is 1. The van der Waals surface area contributed by atoms with Gasteiger partial charge >= 0.3 is 0 Å². The fourth-order valence-electron chi connectivity index (χ4n) is 5.67. The van der Waals surface area contributed by atoms with Crippen LogP contribution in [0.5, 0.6) is 0 Å². The summed E-state index contributed by atoms with van der Waals surface area (Å²) < 4.78 is 0. The Hall–Kier alpha value is -0.590. The van der Waals surface area contributed by atoms with E-state index >= 15 is 0 Å². The lowest BCUT2D eigenvalue weighted by Gasteiger charge is -2.55. The van der Waals surface area contributed by atoms with Gasteiger partial charge in [-0.25, -0.2) is 0 Å². The van der Waals surface area contributed by atoms with Crippen LogP contribution in [0.15, 0.2) is 11.1 Å². The van der Waals surface area contributed by atoms with Crippen LogP contribution in [0.25, 0.3) is 0 Å². The van der Waals surface area contributed by atoms with Crippen molar-refractivity contribution in [2.45, 2.75) is 73.1 Å². The van der Waals surface area contributed by atoms with Gasteiger partial charge in [-0.2, -0.15) is 0 Å². The van der Waals surface area contributed by atoms with Crippen molar-refractivity contribution in [1.29, 1.82) is 0 Å². The van der Waals surface area contributed by atoms with Gasteiger partial charge < -0.3 is 0 Å². The maximum atomic E-state index is 11.8. The molecule has 3 aliphatic rings. The van der Waals surface area contributed by atoms with Crippen LogP contribution in [0.3, 0.4) is 0 Å². The van der Waals surface area contributed by atoms with Crippen LogP contribution in [0.1, 0.15) is 73.1 Å². The van der Waals surface area contributed by atoms with Gasteiger partial charge in [0.25, 0.3) is 0 Å². The Labute approximate surface area is 130 Å². The van der Waals surface area contributed by atoms with Crippen molar-refractivity contribution in [1.82, 2.24) is 0 Å². The molecule has 0 spiro atoms. The minimum absolute atomic E-state index is 0.481. The molecule has 5 unspecified atom stereocenters. The highest BCUT2D eigenvalue weighted by Gasteiger charge is 2.49. The average molecular weight is 288 g/mol. The number of hydrogen-bond donors (Lipinski definition) is 0. The SMILES string of the molecule is CC1CC2C(CCC(C)(C(C)C)C2C)C2=C1CC(=O)CC2. The Bertz CT molecular complexity index is 472. The highest BCUT2D eigenvalue weighted by atomic mass is 16.1. The fourth-order valence-corrected chi connectivity index (χ4v) is 5.67. The first-order chi connectivity index (χ1) is 9.84. The zero-order chi connectivity index (χ0) is 15.4. The first kappa shape index (κ1) is 15.3. The molecule has 118 valence electrons. The molecule has 21 heavy (non-hydrogen) atoms.